The number of nitriles is 1. The fourth-order valence-electron chi connectivity index (χ4n) is 1.82. The third-order valence-electron chi connectivity index (χ3n) is 3.06. The van der Waals surface area contributed by atoms with E-state index in [-0.39, 0.29) is 11.4 Å². The molecule has 1 aromatic carbocycles. The van der Waals surface area contributed by atoms with E-state index >= 15 is 0 Å². The van der Waals surface area contributed by atoms with Crippen LogP contribution in [0.15, 0.2) is 29.6 Å². The van der Waals surface area contributed by atoms with E-state index in [1.807, 2.05) is 6.07 Å². The minimum atomic E-state index is -0.995. The third-order valence-corrected chi connectivity index (χ3v) is 3.89. The number of nitrogens with one attached hydrogen (secondary N) is 1. The topological polar surface area (TPSA) is 114 Å². The summed E-state index contributed by atoms with van der Waals surface area (Å²) in [4.78, 5) is 22.7. The van der Waals surface area contributed by atoms with Gasteiger partial charge in [0.1, 0.15) is 16.8 Å². The molecule has 0 radical (unpaired) electrons. The second-order valence-corrected chi connectivity index (χ2v) is 5.53. The Kier molecular flexibility index (Phi) is 5.34. The van der Waals surface area contributed by atoms with Crippen molar-refractivity contribution in [2.24, 2.45) is 0 Å². The summed E-state index contributed by atoms with van der Waals surface area (Å²) in [5.41, 5.74) is 0.0406. The van der Waals surface area contributed by atoms with Crippen LogP contribution in [-0.4, -0.2) is 24.0 Å². The van der Waals surface area contributed by atoms with Crippen LogP contribution in [0.3, 0.4) is 0 Å². The van der Waals surface area contributed by atoms with Gasteiger partial charge in [-0.3, -0.25) is 14.9 Å². The lowest BCUT2D eigenvalue weighted by Crippen LogP contribution is -2.30. The van der Waals surface area contributed by atoms with Gasteiger partial charge in [0.15, 0.2) is 11.9 Å². The second-order valence-electron chi connectivity index (χ2n) is 4.62. The number of anilines is 1. The van der Waals surface area contributed by atoms with Crippen LogP contribution in [0.4, 0.5) is 10.7 Å². The average Bonchev–Trinajstić information content (AvgIpc) is 3.01. The first-order chi connectivity index (χ1) is 11.5. The summed E-state index contributed by atoms with van der Waals surface area (Å²) in [5, 5.41) is 24.7. The minimum absolute atomic E-state index is 0.0462. The smallest absolute Gasteiger partial charge is 0.314 e. The molecule has 2 aromatic rings. The number of amides is 1. The van der Waals surface area contributed by atoms with Gasteiger partial charge in [-0.05, 0) is 30.5 Å². The van der Waals surface area contributed by atoms with E-state index < -0.39 is 16.9 Å². The van der Waals surface area contributed by atoms with Crippen molar-refractivity contribution >= 4 is 27.9 Å². The Labute approximate surface area is 141 Å². The van der Waals surface area contributed by atoms with Gasteiger partial charge in [-0.15, -0.1) is 11.3 Å². The van der Waals surface area contributed by atoms with E-state index in [0.717, 1.165) is 0 Å². The van der Waals surface area contributed by atoms with E-state index in [1.54, 1.807) is 11.4 Å². The van der Waals surface area contributed by atoms with E-state index in [9.17, 15) is 14.9 Å². The average molecular weight is 347 g/mol. The predicted molar refractivity (Wildman–Crippen MR) is 87.4 cm³/mol. The lowest BCUT2D eigenvalue weighted by molar-refractivity contribution is -0.386. The summed E-state index contributed by atoms with van der Waals surface area (Å²) in [6, 6.07) is 7.62. The lowest BCUT2D eigenvalue weighted by Gasteiger charge is -2.14. The van der Waals surface area contributed by atoms with Gasteiger partial charge in [0.2, 0.25) is 0 Å². The van der Waals surface area contributed by atoms with Crippen molar-refractivity contribution in [1.29, 1.82) is 5.26 Å². The van der Waals surface area contributed by atoms with E-state index in [1.165, 1.54) is 43.6 Å². The van der Waals surface area contributed by atoms with Gasteiger partial charge in [-0.2, -0.15) is 5.26 Å². The zero-order chi connectivity index (χ0) is 17.7. The third kappa shape index (κ3) is 3.80. The number of thiophene rings is 1. The van der Waals surface area contributed by atoms with Crippen LogP contribution in [0.2, 0.25) is 0 Å². The van der Waals surface area contributed by atoms with Crippen molar-refractivity contribution in [3.8, 4) is 17.6 Å². The van der Waals surface area contributed by atoms with Crippen molar-refractivity contribution in [3.63, 3.8) is 0 Å². The number of methoxy groups -OCH3 is 1. The summed E-state index contributed by atoms with van der Waals surface area (Å²) in [6.45, 7) is 1.46. The molecule has 0 aliphatic carbocycles. The van der Waals surface area contributed by atoms with Crippen LogP contribution in [0.25, 0.3) is 0 Å². The Morgan fingerprint density at radius 1 is 1.46 bits per heavy atom. The normalized spacial score (nSPS) is 11.2. The summed E-state index contributed by atoms with van der Waals surface area (Å²) in [5.74, 6) is -0.252. The molecule has 0 aliphatic rings. The Bertz CT molecular complexity index is 812. The number of carbonyl (C=O) groups is 1. The Morgan fingerprint density at radius 2 is 2.21 bits per heavy atom. The first-order valence-electron chi connectivity index (χ1n) is 6.73. The molecule has 0 spiro atoms. The van der Waals surface area contributed by atoms with Crippen LogP contribution in [0.1, 0.15) is 12.5 Å². The fourth-order valence-corrected chi connectivity index (χ4v) is 2.56. The number of carbonyl (C=O) groups excluding carboxylic acids is 1. The highest BCUT2D eigenvalue weighted by molar-refractivity contribution is 7.14. The molecule has 2 rings (SSSR count). The molecule has 8 nitrogen and oxygen atoms in total. The van der Waals surface area contributed by atoms with Crippen molar-refractivity contribution < 1.29 is 19.2 Å². The quantitative estimate of drug-likeness (QED) is 0.634. The predicted octanol–water partition coefficient (Wildman–Crippen LogP) is 2.94. The number of nitro benzene ring substituents is 1. The monoisotopic (exact) mass is 347 g/mol. The molecular weight excluding hydrogens is 334 g/mol. The van der Waals surface area contributed by atoms with Gasteiger partial charge >= 0.3 is 5.69 Å². The largest absolute Gasteiger partial charge is 0.496 e. The molecule has 0 aliphatic heterocycles. The number of hydrogen-bond acceptors (Lipinski definition) is 7. The summed E-state index contributed by atoms with van der Waals surface area (Å²) < 4.78 is 10.3. The van der Waals surface area contributed by atoms with Crippen LogP contribution in [0, 0.1) is 21.4 Å². The molecule has 1 aromatic heterocycles. The van der Waals surface area contributed by atoms with Gasteiger partial charge < -0.3 is 14.8 Å². The van der Waals surface area contributed by atoms with Crippen molar-refractivity contribution in [1.82, 2.24) is 0 Å². The molecular formula is C15H13N3O5S. The molecule has 0 bridgehead atoms. The van der Waals surface area contributed by atoms with Crippen molar-refractivity contribution in [2.45, 2.75) is 13.0 Å². The molecule has 0 saturated carbocycles. The minimum Gasteiger partial charge on any atom is -0.496 e. The number of rotatable bonds is 6. The number of nitrogens with zero attached hydrogens (tertiary/aromatic N) is 2. The van der Waals surface area contributed by atoms with Crippen molar-refractivity contribution in [3.05, 3.63) is 45.3 Å². The molecule has 24 heavy (non-hydrogen) atoms. The molecule has 124 valence electrons. The molecule has 9 heteroatoms. The molecule has 0 fully saturated rings. The summed E-state index contributed by atoms with van der Waals surface area (Å²) in [6.07, 6.45) is -0.995. The molecule has 1 heterocycles. The van der Waals surface area contributed by atoms with E-state index in [4.69, 9.17) is 14.7 Å². The molecule has 0 unspecified atom stereocenters. The van der Waals surface area contributed by atoms with E-state index in [2.05, 4.69) is 5.32 Å². The van der Waals surface area contributed by atoms with Crippen molar-refractivity contribution in [2.75, 3.05) is 12.4 Å². The lowest BCUT2D eigenvalue weighted by atomic mass is 10.2. The summed E-state index contributed by atoms with van der Waals surface area (Å²) in [7, 11) is 1.39. The fraction of sp³-hybridized carbons (Fsp3) is 0.200. The van der Waals surface area contributed by atoms with Crippen LogP contribution >= 0.6 is 11.3 Å². The van der Waals surface area contributed by atoms with Gasteiger partial charge in [-0.25, -0.2) is 0 Å². The first-order valence-corrected chi connectivity index (χ1v) is 7.61. The standard InChI is InChI=1S/C15H13N3O5S/c1-9(14(19)17-15-10(8-16)5-6-24-15)23-13-4-3-11(22-2)7-12(13)18(20)21/h3-7,9H,1-2H3,(H,17,19)/t9-/m1/s1. The maximum Gasteiger partial charge on any atom is 0.314 e. The van der Waals surface area contributed by atoms with Crippen LogP contribution in [-0.2, 0) is 4.79 Å². The summed E-state index contributed by atoms with van der Waals surface area (Å²) >= 11 is 1.20. The molecule has 1 amide bonds. The number of nitro groups is 1. The van der Waals surface area contributed by atoms with Gasteiger partial charge in [0, 0.05) is 0 Å². The number of ether oxygens (including phenoxy) is 2. The van der Waals surface area contributed by atoms with Gasteiger partial charge in [-0.1, -0.05) is 0 Å². The zero-order valence-corrected chi connectivity index (χ0v) is 13.6. The maximum absolute atomic E-state index is 12.2. The van der Waals surface area contributed by atoms with Gasteiger partial charge in [0.05, 0.1) is 23.7 Å². The Balaban J connectivity index is 2.14. The molecule has 0 saturated heterocycles. The van der Waals surface area contributed by atoms with E-state index in [0.29, 0.717) is 16.3 Å². The molecule has 1 atom stereocenters. The highest BCUT2D eigenvalue weighted by Gasteiger charge is 2.23. The van der Waals surface area contributed by atoms with Crippen LogP contribution < -0.4 is 14.8 Å². The Hall–Kier alpha value is -3.12. The highest BCUT2D eigenvalue weighted by Crippen LogP contribution is 2.32. The highest BCUT2D eigenvalue weighted by atomic mass is 32.1. The second kappa shape index (κ2) is 7.43. The Morgan fingerprint density at radius 3 is 2.83 bits per heavy atom. The number of benzene rings is 1. The maximum atomic E-state index is 12.2. The number of hydrogen-bond donors (Lipinski definition) is 1. The molecule has 1 N–H and O–H groups in total. The SMILES string of the molecule is COc1ccc(O[C@H](C)C(=O)Nc2sccc2C#N)c([N+](=O)[O-])c1. The van der Waals surface area contributed by atoms with Crippen LogP contribution in [0.5, 0.6) is 11.5 Å². The zero-order valence-electron chi connectivity index (χ0n) is 12.8. The van der Waals surface area contributed by atoms with Gasteiger partial charge in [0.25, 0.3) is 5.91 Å². The first kappa shape index (κ1) is 17.2.